The van der Waals surface area contributed by atoms with Gasteiger partial charge in [-0.3, -0.25) is 9.59 Å². The van der Waals surface area contributed by atoms with Gasteiger partial charge in [0, 0.05) is 23.3 Å². The summed E-state index contributed by atoms with van der Waals surface area (Å²) in [5.74, 6) is 0.444. The Labute approximate surface area is 177 Å². The lowest BCUT2D eigenvalue weighted by molar-refractivity contribution is -0.121. The average molecular weight is 425 g/mol. The summed E-state index contributed by atoms with van der Waals surface area (Å²) in [5.41, 5.74) is 1.27. The lowest BCUT2D eigenvalue weighted by Crippen LogP contribution is -2.29. The molecule has 1 amide bonds. The standard InChI is InChI=1S/C23H20FNO4S/c24-17-6-3-15(4-7-17)23(21-2-1-13-30-21)25-22(27)10-8-18(26)16-5-9-19-20(14-16)29-12-11-28-19/h1-7,9,13-14,23H,8,10-12H2,(H,25,27)/t23-/m1/s1. The highest BCUT2D eigenvalue weighted by Gasteiger charge is 2.20. The molecule has 0 fully saturated rings. The zero-order valence-corrected chi connectivity index (χ0v) is 16.9. The summed E-state index contributed by atoms with van der Waals surface area (Å²) in [4.78, 5) is 26.1. The quantitative estimate of drug-likeness (QED) is 0.565. The Balaban J connectivity index is 1.40. The highest BCUT2D eigenvalue weighted by atomic mass is 32.1. The number of fused-ring (bicyclic) bond motifs is 1. The van der Waals surface area contributed by atoms with Gasteiger partial charge in [0.25, 0.3) is 0 Å². The van der Waals surface area contributed by atoms with Crippen molar-refractivity contribution in [3.05, 3.63) is 81.8 Å². The number of rotatable bonds is 7. The summed E-state index contributed by atoms with van der Waals surface area (Å²) >= 11 is 1.51. The molecule has 1 aliphatic heterocycles. The maximum Gasteiger partial charge on any atom is 0.221 e. The number of nitrogens with one attached hydrogen (secondary N) is 1. The zero-order chi connectivity index (χ0) is 20.9. The third-order valence-corrected chi connectivity index (χ3v) is 5.72. The van der Waals surface area contributed by atoms with E-state index < -0.39 is 0 Å². The Morgan fingerprint density at radius 1 is 1.00 bits per heavy atom. The summed E-state index contributed by atoms with van der Waals surface area (Å²) in [5, 5.41) is 4.88. The maximum atomic E-state index is 13.3. The van der Waals surface area contributed by atoms with Gasteiger partial charge < -0.3 is 14.8 Å². The Kier molecular flexibility index (Phi) is 6.09. The van der Waals surface area contributed by atoms with Crippen molar-refractivity contribution in [3.63, 3.8) is 0 Å². The van der Waals surface area contributed by atoms with Gasteiger partial charge in [-0.2, -0.15) is 0 Å². The van der Waals surface area contributed by atoms with E-state index in [2.05, 4.69) is 5.32 Å². The van der Waals surface area contributed by atoms with E-state index in [0.717, 1.165) is 10.4 Å². The molecule has 2 heterocycles. The molecule has 1 atom stereocenters. The minimum absolute atomic E-state index is 0.0519. The van der Waals surface area contributed by atoms with Crippen LogP contribution in [0.4, 0.5) is 4.39 Å². The van der Waals surface area contributed by atoms with Crippen molar-refractivity contribution < 1.29 is 23.5 Å². The van der Waals surface area contributed by atoms with Crippen molar-refractivity contribution in [3.8, 4) is 11.5 Å². The number of carbonyl (C=O) groups excluding carboxylic acids is 2. The smallest absolute Gasteiger partial charge is 0.221 e. The van der Waals surface area contributed by atoms with E-state index >= 15 is 0 Å². The van der Waals surface area contributed by atoms with E-state index in [-0.39, 0.29) is 36.4 Å². The summed E-state index contributed by atoms with van der Waals surface area (Å²) in [6.07, 6.45) is 0.127. The van der Waals surface area contributed by atoms with Crippen molar-refractivity contribution in [2.24, 2.45) is 0 Å². The van der Waals surface area contributed by atoms with Crippen LogP contribution in [-0.4, -0.2) is 24.9 Å². The Hall–Kier alpha value is -3.19. The molecule has 1 aromatic heterocycles. The predicted molar refractivity (Wildman–Crippen MR) is 112 cm³/mol. The average Bonchev–Trinajstić information content (AvgIpc) is 3.31. The predicted octanol–water partition coefficient (Wildman–Crippen LogP) is 4.53. The molecule has 7 heteroatoms. The SMILES string of the molecule is O=C(CCC(=O)c1ccc2c(c1)OCCO2)N[C@H](c1ccc(F)cc1)c1cccs1. The van der Waals surface area contributed by atoms with Gasteiger partial charge in [-0.1, -0.05) is 18.2 Å². The second kappa shape index (κ2) is 9.09. The molecule has 0 unspecified atom stereocenters. The first kappa shape index (κ1) is 20.1. The molecular weight excluding hydrogens is 405 g/mol. The third kappa shape index (κ3) is 4.68. The van der Waals surface area contributed by atoms with Crippen molar-refractivity contribution in [1.29, 1.82) is 0 Å². The Morgan fingerprint density at radius 3 is 2.50 bits per heavy atom. The molecule has 2 aromatic carbocycles. The molecule has 1 N–H and O–H groups in total. The van der Waals surface area contributed by atoms with Crippen molar-refractivity contribution in [1.82, 2.24) is 5.32 Å². The van der Waals surface area contributed by atoms with Crippen LogP contribution in [0.5, 0.6) is 11.5 Å². The first-order valence-corrected chi connectivity index (χ1v) is 10.5. The zero-order valence-electron chi connectivity index (χ0n) is 16.1. The van der Waals surface area contributed by atoms with Gasteiger partial charge in [-0.05, 0) is 47.3 Å². The van der Waals surface area contributed by atoms with Gasteiger partial charge in [0.1, 0.15) is 19.0 Å². The Bertz CT molecular complexity index is 1030. The van der Waals surface area contributed by atoms with Crippen LogP contribution in [0.3, 0.4) is 0 Å². The second-order valence-corrected chi connectivity index (χ2v) is 7.83. The van der Waals surface area contributed by atoms with Crippen LogP contribution in [0.15, 0.2) is 60.0 Å². The van der Waals surface area contributed by atoms with Gasteiger partial charge in [0.15, 0.2) is 17.3 Å². The highest BCUT2D eigenvalue weighted by molar-refractivity contribution is 7.10. The number of Topliss-reactive ketones (excluding diaryl/α,β-unsaturated/α-hetero) is 1. The number of thiophene rings is 1. The van der Waals surface area contributed by atoms with Crippen LogP contribution in [0.25, 0.3) is 0 Å². The number of ether oxygens (including phenoxy) is 2. The van der Waals surface area contributed by atoms with Gasteiger partial charge in [-0.15, -0.1) is 11.3 Å². The summed E-state index contributed by atoms with van der Waals surface area (Å²) in [6.45, 7) is 0.931. The van der Waals surface area contributed by atoms with E-state index in [1.807, 2.05) is 17.5 Å². The lowest BCUT2D eigenvalue weighted by Gasteiger charge is -2.19. The molecular formula is C23H20FNO4S. The summed E-state index contributed by atoms with van der Waals surface area (Å²) in [7, 11) is 0. The molecule has 0 bridgehead atoms. The van der Waals surface area contributed by atoms with Gasteiger partial charge >= 0.3 is 0 Å². The van der Waals surface area contributed by atoms with E-state index in [1.165, 1.54) is 23.5 Å². The van der Waals surface area contributed by atoms with Gasteiger partial charge in [-0.25, -0.2) is 4.39 Å². The molecule has 0 saturated heterocycles. The number of amides is 1. The van der Waals surface area contributed by atoms with Gasteiger partial charge in [0.05, 0.1) is 6.04 Å². The van der Waals surface area contributed by atoms with E-state index in [4.69, 9.17) is 9.47 Å². The molecule has 5 nitrogen and oxygen atoms in total. The molecule has 0 saturated carbocycles. The maximum absolute atomic E-state index is 13.3. The fourth-order valence-corrected chi connectivity index (χ4v) is 4.05. The van der Waals surface area contributed by atoms with E-state index in [0.29, 0.717) is 30.3 Å². The molecule has 0 radical (unpaired) electrons. The van der Waals surface area contributed by atoms with Crippen LogP contribution in [0.1, 0.15) is 39.7 Å². The number of hydrogen-bond acceptors (Lipinski definition) is 5. The lowest BCUT2D eigenvalue weighted by atomic mass is 10.0. The van der Waals surface area contributed by atoms with E-state index in [9.17, 15) is 14.0 Å². The minimum Gasteiger partial charge on any atom is -0.486 e. The Morgan fingerprint density at radius 2 is 1.77 bits per heavy atom. The van der Waals surface area contributed by atoms with Crippen molar-refractivity contribution in [2.45, 2.75) is 18.9 Å². The number of hydrogen-bond donors (Lipinski definition) is 1. The van der Waals surface area contributed by atoms with Crippen LogP contribution in [-0.2, 0) is 4.79 Å². The van der Waals surface area contributed by atoms with Crippen LogP contribution >= 0.6 is 11.3 Å². The largest absolute Gasteiger partial charge is 0.486 e. The monoisotopic (exact) mass is 425 g/mol. The minimum atomic E-state index is -0.387. The molecule has 0 spiro atoms. The van der Waals surface area contributed by atoms with Gasteiger partial charge in [0.2, 0.25) is 5.91 Å². The highest BCUT2D eigenvalue weighted by Crippen LogP contribution is 2.31. The molecule has 3 aromatic rings. The van der Waals surface area contributed by atoms with E-state index in [1.54, 1.807) is 30.3 Å². The topological polar surface area (TPSA) is 64.6 Å². The first-order valence-electron chi connectivity index (χ1n) is 9.61. The number of ketones is 1. The number of benzene rings is 2. The summed E-state index contributed by atoms with van der Waals surface area (Å²) in [6, 6.07) is 14.5. The van der Waals surface area contributed by atoms with Crippen LogP contribution < -0.4 is 14.8 Å². The van der Waals surface area contributed by atoms with Crippen LogP contribution in [0, 0.1) is 5.82 Å². The van der Waals surface area contributed by atoms with Crippen molar-refractivity contribution in [2.75, 3.05) is 13.2 Å². The molecule has 1 aliphatic rings. The second-order valence-electron chi connectivity index (χ2n) is 6.85. The fourth-order valence-electron chi connectivity index (χ4n) is 3.25. The molecule has 4 rings (SSSR count). The fraction of sp³-hybridized carbons (Fsp3) is 0.217. The molecule has 154 valence electrons. The summed E-state index contributed by atoms with van der Waals surface area (Å²) < 4.78 is 24.3. The van der Waals surface area contributed by atoms with Crippen LogP contribution in [0.2, 0.25) is 0 Å². The third-order valence-electron chi connectivity index (χ3n) is 4.78. The number of halogens is 1. The number of carbonyl (C=O) groups is 2. The normalized spacial score (nSPS) is 13.5. The molecule has 30 heavy (non-hydrogen) atoms. The molecule has 0 aliphatic carbocycles. The van der Waals surface area contributed by atoms with Crippen molar-refractivity contribution >= 4 is 23.0 Å². The first-order chi connectivity index (χ1) is 14.6.